The van der Waals surface area contributed by atoms with Crippen LogP contribution in [0.15, 0.2) is 54.6 Å². The van der Waals surface area contributed by atoms with Crippen LogP contribution < -0.4 is 10.1 Å². The molecule has 1 N–H and O–H groups in total. The van der Waals surface area contributed by atoms with Crippen molar-refractivity contribution in [2.45, 2.75) is 40.0 Å². The third-order valence-electron chi connectivity index (χ3n) is 4.64. The summed E-state index contributed by atoms with van der Waals surface area (Å²) in [4.78, 5) is 12.4. The fourth-order valence-electron chi connectivity index (χ4n) is 2.99. The number of rotatable bonds is 7. The molecular weight excluding hydrogens is 374 g/mol. The van der Waals surface area contributed by atoms with Gasteiger partial charge < -0.3 is 10.1 Å². The second-order valence-electron chi connectivity index (χ2n) is 6.72. The molecule has 1 aromatic heterocycles. The number of hydrogen-bond acceptors (Lipinski definition) is 3. The van der Waals surface area contributed by atoms with E-state index in [1.54, 1.807) is 31.2 Å². The number of carbonyl (C=O) groups excluding carboxylic acids is 1. The van der Waals surface area contributed by atoms with Crippen molar-refractivity contribution in [3.8, 4) is 5.75 Å². The van der Waals surface area contributed by atoms with Crippen molar-refractivity contribution < 1.29 is 9.53 Å². The molecular formula is C22H24ClN3O2. The van der Waals surface area contributed by atoms with Crippen LogP contribution in [0.3, 0.4) is 0 Å². The summed E-state index contributed by atoms with van der Waals surface area (Å²) in [5.74, 6) is 0.430. The quantitative estimate of drug-likeness (QED) is 0.647. The van der Waals surface area contributed by atoms with Crippen molar-refractivity contribution in [2.24, 2.45) is 0 Å². The molecule has 0 spiro atoms. The van der Waals surface area contributed by atoms with Crippen LogP contribution in [0.25, 0.3) is 0 Å². The molecule has 1 atom stereocenters. The number of halogens is 1. The summed E-state index contributed by atoms with van der Waals surface area (Å²) < 4.78 is 7.64. The molecule has 0 aliphatic carbocycles. The van der Waals surface area contributed by atoms with Gasteiger partial charge in [0.2, 0.25) is 0 Å². The lowest BCUT2D eigenvalue weighted by Gasteiger charge is -2.15. The van der Waals surface area contributed by atoms with Crippen molar-refractivity contribution in [1.82, 2.24) is 15.1 Å². The number of carbonyl (C=O) groups is 1. The maximum absolute atomic E-state index is 12.4. The van der Waals surface area contributed by atoms with Gasteiger partial charge >= 0.3 is 0 Å². The first-order valence-corrected chi connectivity index (χ1v) is 9.58. The van der Waals surface area contributed by atoms with E-state index >= 15 is 0 Å². The molecule has 0 saturated heterocycles. The lowest BCUT2D eigenvalue weighted by Crippen LogP contribution is -2.36. The zero-order valence-corrected chi connectivity index (χ0v) is 17.0. The van der Waals surface area contributed by atoms with E-state index in [4.69, 9.17) is 16.3 Å². The molecule has 1 heterocycles. The van der Waals surface area contributed by atoms with Gasteiger partial charge in [0, 0.05) is 22.8 Å². The smallest absolute Gasteiger partial charge is 0.261 e. The van der Waals surface area contributed by atoms with E-state index in [2.05, 4.69) is 22.5 Å². The Kier molecular flexibility index (Phi) is 6.37. The molecule has 0 radical (unpaired) electrons. The van der Waals surface area contributed by atoms with Gasteiger partial charge in [0.05, 0.1) is 12.2 Å². The van der Waals surface area contributed by atoms with E-state index in [1.807, 2.05) is 36.7 Å². The Hall–Kier alpha value is -2.79. The van der Waals surface area contributed by atoms with Crippen LogP contribution in [0.4, 0.5) is 0 Å². The first-order valence-electron chi connectivity index (χ1n) is 9.21. The first-order chi connectivity index (χ1) is 13.4. The van der Waals surface area contributed by atoms with Gasteiger partial charge in [-0.1, -0.05) is 41.9 Å². The van der Waals surface area contributed by atoms with Gasteiger partial charge in [-0.3, -0.25) is 9.48 Å². The monoisotopic (exact) mass is 397 g/mol. The van der Waals surface area contributed by atoms with Gasteiger partial charge in [0.1, 0.15) is 5.75 Å². The minimum atomic E-state index is -0.610. The van der Waals surface area contributed by atoms with Crippen LogP contribution in [0.2, 0.25) is 5.02 Å². The third-order valence-corrected chi connectivity index (χ3v) is 4.89. The number of amides is 1. The van der Waals surface area contributed by atoms with Crippen LogP contribution in [-0.4, -0.2) is 21.8 Å². The molecule has 0 bridgehead atoms. The standard InChI is InChI=1S/C22H24ClN3O2/c1-15-21(16(2)26(25-15)14-18-7-5-4-6-8-18)13-24-22(27)17(3)28-20-11-9-19(23)10-12-20/h4-12,17H,13-14H2,1-3H3,(H,24,27). The van der Waals surface area contributed by atoms with Crippen molar-refractivity contribution in [1.29, 1.82) is 0 Å². The lowest BCUT2D eigenvalue weighted by molar-refractivity contribution is -0.127. The van der Waals surface area contributed by atoms with Crippen LogP contribution >= 0.6 is 11.6 Å². The summed E-state index contributed by atoms with van der Waals surface area (Å²) >= 11 is 5.87. The summed E-state index contributed by atoms with van der Waals surface area (Å²) in [7, 11) is 0. The molecule has 0 aliphatic rings. The Bertz CT molecular complexity index is 936. The minimum Gasteiger partial charge on any atom is -0.481 e. The van der Waals surface area contributed by atoms with Gasteiger partial charge in [-0.05, 0) is 50.6 Å². The summed E-state index contributed by atoms with van der Waals surface area (Å²) in [6.07, 6.45) is -0.610. The fraction of sp³-hybridized carbons (Fsp3) is 0.273. The maximum atomic E-state index is 12.4. The minimum absolute atomic E-state index is 0.176. The van der Waals surface area contributed by atoms with Crippen molar-refractivity contribution in [2.75, 3.05) is 0 Å². The number of aryl methyl sites for hydroxylation is 1. The fourth-order valence-corrected chi connectivity index (χ4v) is 3.12. The number of benzene rings is 2. The number of hydrogen-bond donors (Lipinski definition) is 1. The maximum Gasteiger partial charge on any atom is 0.261 e. The summed E-state index contributed by atoms with van der Waals surface area (Å²) in [5.41, 5.74) is 4.18. The second kappa shape index (κ2) is 8.93. The predicted molar refractivity (Wildman–Crippen MR) is 111 cm³/mol. The van der Waals surface area contributed by atoms with E-state index < -0.39 is 6.10 Å². The zero-order chi connectivity index (χ0) is 20.1. The zero-order valence-electron chi connectivity index (χ0n) is 16.3. The van der Waals surface area contributed by atoms with Gasteiger partial charge in [0.15, 0.2) is 6.10 Å². The Morgan fingerprint density at radius 1 is 1.14 bits per heavy atom. The summed E-state index contributed by atoms with van der Waals surface area (Å²) in [5, 5.41) is 8.20. The van der Waals surface area contributed by atoms with Crippen molar-refractivity contribution in [3.05, 3.63) is 82.1 Å². The normalized spacial score (nSPS) is 11.9. The van der Waals surface area contributed by atoms with E-state index in [1.165, 1.54) is 5.56 Å². The van der Waals surface area contributed by atoms with Gasteiger partial charge in [-0.2, -0.15) is 5.10 Å². The van der Waals surface area contributed by atoms with Crippen LogP contribution in [-0.2, 0) is 17.9 Å². The molecule has 28 heavy (non-hydrogen) atoms. The Labute approximate surface area is 170 Å². The highest BCUT2D eigenvalue weighted by Crippen LogP contribution is 2.17. The Balaban J connectivity index is 1.60. The van der Waals surface area contributed by atoms with E-state index in [0.717, 1.165) is 17.0 Å². The summed E-state index contributed by atoms with van der Waals surface area (Å²) in [6, 6.07) is 17.1. The van der Waals surface area contributed by atoms with E-state index in [0.29, 0.717) is 23.9 Å². The molecule has 146 valence electrons. The Morgan fingerprint density at radius 3 is 2.50 bits per heavy atom. The number of aromatic nitrogens is 2. The molecule has 0 aliphatic heterocycles. The predicted octanol–water partition coefficient (Wildman–Crippen LogP) is 4.29. The topological polar surface area (TPSA) is 56.2 Å². The number of nitrogens with one attached hydrogen (secondary N) is 1. The van der Waals surface area contributed by atoms with Crippen LogP contribution in [0, 0.1) is 13.8 Å². The molecule has 3 rings (SSSR count). The van der Waals surface area contributed by atoms with Crippen molar-refractivity contribution in [3.63, 3.8) is 0 Å². The van der Waals surface area contributed by atoms with Gasteiger partial charge in [-0.15, -0.1) is 0 Å². The third kappa shape index (κ3) is 4.93. The number of nitrogens with zero attached hydrogens (tertiary/aromatic N) is 2. The Morgan fingerprint density at radius 2 is 1.82 bits per heavy atom. The molecule has 0 fully saturated rings. The largest absolute Gasteiger partial charge is 0.481 e. The lowest BCUT2D eigenvalue weighted by atomic mass is 10.2. The van der Waals surface area contributed by atoms with E-state index in [-0.39, 0.29) is 5.91 Å². The van der Waals surface area contributed by atoms with Gasteiger partial charge in [0.25, 0.3) is 5.91 Å². The highest BCUT2D eigenvalue weighted by atomic mass is 35.5. The summed E-state index contributed by atoms with van der Waals surface area (Å²) in [6.45, 7) is 6.83. The first kappa shape index (κ1) is 20.0. The number of ether oxygens (including phenoxy) is 1. The highest BCUT2D eigenvalue weighted by molar-refractivity contribution is 6.30. The molecule has 5 nitrogen and oxygen atoms in total. The second-order valence-corrected chi connectivity index (χ2v) is 7.16. The SMILES string of the molecule is Cc1nn(Cc2ccccc2)c(C)c1CNC(=O)C(C)Oc1ccc(Cl)cc1. The van der Waals surface area contributed by atoms with Crippen LogP contribution in [0.5, 0.6) is 5.75 Å². The molecule has 0 saturated carbocycles. The average Bonchev–Trinajstić information content (AvgIpc) is 2.95. The molecule has 1 amide bonds. The van der Waals surface area contributed by atoms with E-state index in [9.17, 15) is 4.79 Å². The molecule has 1 unspecified atom stereocenters. The van der Waals surface area contributed by atoms with Crippen LogP contribution in [0.1, 0.15) is 29.4 Å². The van der Waals surface area contributed by atoms with Crippen molar-refractivity contribution >= 4 is 17.5 Å². The average molecular weight is 398 g/mol. The molecule has 6 heteroatoms. The highest BCUT2D eigenvalue weighted by Gasteiger charge is 2.17. The van der Waals surface area contributed by atoms with Gasteiger partial charge in [-0.25, -0.2) is 0 Å². The molecule has 2 aromatic carbocycles. The molecule has 3 aromatic rings.